The van der Waals surface area contributed by atoms with Crippen LogP contribution in [-0.2, 0) is 25.3 Å². The van der Waals surface area contributed by atoms with Crippen molar-refractivity contribution < 1.29 is 25.3 Å². The molecule has 0 saturated heterocycles. The zero-order valence-corrected chi connectivity index (χ0v) is 7.43. The molecule has 0 rings (SSSR count). The Morgan fingerprint density at radius 2 is 1.20 bits per heavy atom. The first kappa shape index (κ1) is 31.5. The fourth-order valence-electron chi connectivity index (χ4n) is 0. The van der Waals surface area contributed by atoms with Gasteiger partial charge in [0.05, 0.1) is 0 Å². The summed E-state index contributed by atoms with van der Waals surface area (Å²) in [7, 11) is 0. The molecular weight excluding hydrogens is 242 g/mol. The van der Waals surface area contributed by atoms with Crippen molar-refractivity contribution in [3.05, 3.63) is 0 Å². The Kier molecular flexibility index (Phi) is 312. The molecule has 0 saturated carbocycles. The van der Waals surface area contributed by atoms with Gasteiger partial charge < -0.3 is 5.48 Å². The van der Waals surface area contributed by atoms with Gasteiger partial charge in [-0.15, -0.1) is 0 Å². The Morgan fingerprint density at radius 1 is 1.20 bits per heavy atom. The maximum absolute atomic E-state index is 7.81. The van der Waals surface area contributed by atoms with E-state index in [4.69, 9.17) is 3.83 Å². The average molecular weight is 244 g/mol. The van der Waals surface area contributed by atoms with E-state index >= 15 is 0 Å². The molecule has 0 fully saturated rings. The van der Waals surface area contributed by atoms with Crippen LogP contribution in [0.2, 0.25) is 0 Å². The van der Waals surface area contributed by atoms with Gasteiger partial charge in [-0.25, -0.2) is 0 Å². The second kappa shape index (κ2) is 49.5. The van der Waals surface area contributed by atoms with Crippen LogP contribution >= 0.6 is 13.5 Å². The van der Waals surface area contributed by atoms with E-state index in [1.165, 1.54) is 0 Å². The van der Waals surface area contributed by atoms with E-state index in [1.807, 2.05) is 0 Å². The molecule has 0 aromatic rings. The summed E-state index contributed by atoms with van der Waals surface area (Å²) in [4.78, 5) is 0. The van der Waals surface area contributed by atoms with Crippen LogP contribution in [0.3, 0.4) is 0 Å². The van der Waals surface area contributed by atoms with Crippen LogP contribution in [0.25, 0.3) is 0 Å². The maximum atomic E-state index is 7.81. The predicted molar refractivity (Wildman–Crippen MR) is 17.5 cm³/mol. The topological polar surface area (TPSA) is 45.6 Å². The molecule has 5 heteroatoms. The molecule has 0 heterocycles. The first-order valence-electron chi connectivity index (χ1n) is 0.123. The first-order valence-corrected chi connectivity index (χ1v) is 0.508. The summed E-state index contributed by atoms with van der Waals surface area (Å²) in [5.74, 6) is 0. The molecule has 0 radical (unpaired) electrons. The Hall–Kier alpha value is 1.50. The van der Waals surface area contributed by atoms with Gasteiger partial charge in [-0.05, 0) is 0 Å². The van der Waals surface area contributed by atoms with E-state index in [2.05, 4.69) is 15.9 Å². The summed E-state index contributed by atoms with van der Waals surface area (Å²) in [5.41, 5.74) is 0. The van der Waals surface area contributed by atoms with Gasteiger partial charge in [0, 0.05) is 0 Å². The van der Waals surface area contributed by atoms with Crippen LogP contribution in [0.5, 0.6) is 0 Å². The Labute approximate surface area is 64.3 Å². The van der Waals surface area contributed by atoms with Gasteiger partial charge in [0.25, 0.3) is 0 Å². The van der Waals surface area contributed by atoms with Crippen molar-refractivity contribution in [3.63, 3.8) is 0 Å². The van der Waals surface area contributed by atoms with Crippen LogP contribution in [0.15, 0.2) is 0 Å². The molecule has 0 N–H and O–H groups in total. The zero-order valence-electron chi connectivity index (χ0n) is 2.20. The predicted octanol–water partition coefficient (Wildman–Crippen LogP) is -0.508. The molecule has 0 spiro atoms. The SMILES string of the molecule is S.[In+3].[O-2].[O]=[Cu]. The number of hydrogen-bond donors (Lipinski definition) is 0. The number of rotatable bonds is 0. The van der Waals surface area contributed by atoms with Gasteiger partial charge >= 0.3 is 45.6 Å². The standard InChI is InChI=1S/Cu.In.2O.H2S/h;;;;1H2/q;+3;;-2;. The van der Waals surface area contributed by atoms with E-state index in [1.54, 1.807) is 0 Å². The van der Waals surface area contributed by atoms with Gasteiger partial charge in [0.1, 0.15) is 0 Å². The summed E-state index contributed by atoms with van der Waals surface area (Å²) in [6, 6.07) is 0. The van der Waals surface area contributed by atoms with E-state index in [-0.39, 0.29) is 44.8 Å². The van der Waals surface area contributed by atoms with Gasteiger partial charge in [-0.2, -0.15) is 13.5 Å². The zero-order chi connectivity index (χ0) is 2.00. The summed E-state index contributed by atoms with van der Waals surface area (Å²) in [6.07, 6.45) is 0. The fourth-order valence-corrected chi connectivity index (χ4v) is 0. The number of hydrogen-bond acceptors (Lipinski definition) is 1. The third-order valence-corrected chi connectivity index (χ3v) is 0. The van der Waals surface area contributed by atoms with Crippen LogP contribution in [0, 0.1) is 0 Å². The molecule has 0 aliphatic carbocycles. The second-order valence-electron chi connectivity index (χ2n) is 0. The molecule has 5 heavy (non-hydrogen) atoms. The van der Waals surface area contributed by atoms with Gasteiger partial charge in [-0.3, -0.25) is 0 Å². The molecule has 2 nitrogen and oxygen atoms in total. The average Bonchev–Trinajstić information content (AvgIpc) is 1.00. The minimum atomic E-state index is 0. The van der Waals surface area contributed by atoms with Gasteiger partial charge in [0.15, 0.2) is 0 Å². The third kappa shape index (κ3) is 30.0. The molecule has 0 atom stereocenters. The van der Waals surface area contributed by atoms with E-state index in [9.17, 15) is 0 Å². The van der Waals surface area contributed by atoms with E-state index < -0.39 is 0 Å². The minimum absolute atomic E-state index is 0. The molecule has 0 amide bonds. The first-order chi connectivity index (χ1) is 1.00. The van der Waals surface area contributed by atoms with Crippen molar-refractivity contribution in [1.29, 1.82) is 0 Å². The van der Waals surface area contributed by atoms with Crippen LogP contribution in [0.4, 0.5) is 0 Å². The monoisotopic (exact) mass is 244 g/mol. The molecule has 0 aromatic heterocycles. The van der Waals surface area contributed by atoms with Crippen LogP contribution < -0.4 is 0 Å². The quantitative estimate of drug-likeness (QED) is 0.530. The van der Waals surface area contributed by atoms with E-state index in [0.717, 1.165) is 0 Å². The molecule has 0 bridgehead atoms. The molecule has 33 valence electrons. The van der Waals surface area contributed by atoms with E-state index in [0.29, 0.717) is 0 Å². The third-order valence-electron chi connectivity index (χ3n) is 0. The van der Waals surface area contributed by atoms with Crippen LogP contribution in [-0.4, -0.2) is 25.8 Å². The van der Waals surface area contributed by atoms with Crippen LogP contribution in [0.1, 0.15) is 0 Å². The van der Waals surface area contributed by atoms with Gasteiger partial charge in [-0.1, -0.05) is 0 Å². The van der Waals surface area contributed by atoms with Crippen molar-refractivity contribution in [2.75, 3.05) is 0 Å². The molecule has 0 unspecified atom stereocenters. The molecular formula is H2CuInO2S+. The van der Waals surface area contributed by atoms with Crippen molar-refractivity contribution >= 4 is 39.3 Å². The summed E-state index contributed by atoms with van der Waals surface area (Å²) in [5, 5.41) is 0. The van der Waals surface area contributed by atoms with Gasteiger partial charge in [0.2, 0.25) is 0 Å². The summed E-state index contributed by atoms with van der Waals surface area (Å²) >= 11 is 2.94. The Bertz CT molecular complexity index is 9.61. The van der Waals surface area contributed by atoms with Crippen molar-refractivity contribution in [3.8, 4) is 0 Å². The van der Waals surface area contributed by atoms with Crippen molar-refractivity contribution in [2.24, 2.45) is 0 Å². The molecule has 0 aromatic carbocycles. The Morgan fingerprint density at radius 3 is 1.20 bits per heavy atom. The summed E-state index contributed by atoms with van der Waals surface area (Å²) in [6.45, 7) is 0. The Balaban J connectivity index is -0.00000000167. The van der Waals surface area contributed by atoms with Crippen molar-refractivity contribution in [2.45, 2.75) is 0 Å². The molecule has 0 aliphatic rings. The van der Waals surface area contributed by atoms with Crippen molar-refractivity contribution in [1.82, 2.24) is 0 Å². The molecule has 0 aliphatic heterocycles. The normalized spacial score (nSPS) is 1.20. The summed E-state index contributed by atoms with van der Waals surface area (Å²) < 4.78 is 7.81. The second-order valence-corrected chi connectivity index (χ2v) is 0. The fraction of sp³-hybridized carbons (Fsp3) is 0.